The van der Waals surface area contributed by atoms with E-state index >= 15 is 0 Å². The first-order valence-electron chi connectivity index (χ1n) is 4.41. The van der Waals surface area contributed by atoms with Gasteiger partial charge in [-0.2, -0.15) is 0 Å². The third-order valence-electron chi connectivity index (χ3n) is 2.49. The van der Waals surface area contributed by atoms with Gasteiger partial charge in [-0.3, -0.25) is 4.79 Å². The van der Waals surface area contributed by atoms with Gasteiger partial charge >= 0.3 is 0 Å². The van der Waals surface area contributed by atoms with Crippen molar-refractivity contribution in [2.24, 2.45) is 0 Å². The number of carbonyl (C=O) groups is 1. The minimum atomic E-state index is 0.328. The van der Waals surface area contributed by atoms with Gasteiger partial charge in [-0.25, -0.2) is 0 Å². The summed E-state index contributed by atoms with van der Waals surface area (Å²) in [5, 5.41) is 0. The molecule has 0 amide bonds. The van der Waals surface area contributed by atoms with Crippen molar-refractivity contribution in [1.82, 2.24) is 0 Å². The summed E-state index contributed by atoms with van der Waals surface area (Å²) in [6.45, 7) is 2.02. The molecule has 0 N–H and O–H groups in total. The monoisotopic (exact) mass is 160 g/mol. The Hall–Kier alpha value is -1.11. The van der Waals surface area contributed by atoms with E-state index in [1.165, 1.54) is 5.56 Å². The van der Waals surface area contributed by atoms with Crippen molar-refractivity contribution >= 4 is 5.78 Å². The minimum Gasteiger partial charge on any atom is -0.294 e. The van der Waals surface area contributed by atoms with Crippen LogP contribution in [0.3, 0.4) is 0 Å². The summed E-state index contributed by atoms with van der Waals surface area (Å²) >= 11 is 0. The highest BCUT2D eigenvalue weighted by molar-refractivity contribution is 5.99. The molecule has 0 spiro atoms. The van der Waals surface area contributed by atoms with E-state index in [1.807, 2.05) is 19.1 Å². The highest BCUT2D eigenvalue weighted by Crippen LogP contribution is 2.23. The van der Waals surface area contributed by atoms with Crippen molar-refractivity contribution < 1.29 is 4.79 Å². The first-order chi connectivity index (χ1) is 5.79. The molecule has 12 heavy (non-hydrogen) atoms. The Bertz CT molecular complexity index is 326. The van der Waals surface area contributed by atoms with Gasteiger partial charge in [0.25, 0.3) is 0 Å². The number of benzene rings is 1. The van der Waals surface area contributed by atoms with E-state index in [1.54, 1.807) is 0 Å². The van der Waals surface area contributed by atoms with Crippen LogP contribution in [0, 0.1) is 6.92 Å². The van der Waals surface area contributed by atoms with Crippen LogP contribution < -0.4 is 0 Å². The van der Waals surface area contributed by atoms with Crippen LogP contribution >= 0.6 is 0 Å². The van der Waals surface area contributed by atoms with E-state index in [-0.39, 0.29) is 0 Å². The largest absolute Gasteiger partial charge is 0.294 e. The van der Waals surface area contributed by atoms with E-state index in [0.29, 0.717) is 5.78 Å². The van der Waals surface area contributed by atoms with E-state index < -0.39 is 0 Å². The summed E-state index contributed by atoms with van der Waals surface area (Å²) in [6, 6.07) is 6.12. The Morgan fingerprint density at radius 2 is 2.08 bits per heavy atom. The minimum absolute atomic E-state index is 0.328. The van der Waals surface area contributed by atoms with E-state index in [0.717, 1.165) is 30.4 Å². The predicted octanol–water partition coefficient (Wildman–Crippen LogP) is 2.51. The molecule has 0 heterocycles. The molecule has 0 fully saturated rings. The Morgan fingerprint density at radius 1 is 1.25 bits per heavy atom. The summed E-state index contributed by atoms with van der Waals surface area (Å²) in [7, 11) is 0. The molecule has 0 aliphatic heterocycles. The maximum Gasteiger partial charge on any atom is 0.163 e. The molecule has 0 bridgehead atoms. The Labute approximate surface area is 72.4 Å². The molecule has 1 aromatic rings. The van der Waals surface area contributed by atoms with Crippen LogP contribution in [-0.4, -0.2) is 5.78 Å². The standard InChI is InChI=1S/C11H12O/c1-8-4-2-5-9-6-3-7-10(12)11(8)9/h2,4-5H,3,6-7H2,1H3. The SMILES string of the molecule is Cc1cccc2c1C(=O)CCC2. The molecule has 1 aromatic carbocycles. The second-order valence-corrected chi connectivity index (χ2v) is 3.39. The van der Waals surface area contributed by atoms with E-state index in [4.69, 9.17) is 0 Å². The fourth-order valence-electron chi connectivity index (χ4n) is 1.90. The van der Waals surface area contributed by atoms with Crippen LogP contribution in [0.25, 0.3) is 0 Å². The van der Waals surface area contributed by atoms with Crippen molar-refractivity contribution in [3.8, 4) is 0 Å². The molecule has 0 saturated heterocycles. The smallest absolute Gasteiger partial charge is 0.163 e. The van der Waals surface area contributed by atoms with Crippen LogP contribution in [0.5, 0.6) is 0 Å². The molecular weight excluding hydrogens is 148 g/mol. The lowest BCUT2D eigenvalue weighted by Gasteiger charge is -2.15. The molecule has 0 atom stereocenters. The fraction of sp³-hybridized carbons (Fsp3) is 0.364. The topological polar surface area (TPSA) is 17.1 Å². The number of hydrogen-bond donors (Lipinski definition) is 0. The lowest BCUT2D eigenvalue weighted by atomic mass is 9.88. The van der Waals surface area contributed by atoms with Crippen molar-refractivity contribution in [2.75, 3.05) is 0 Å². The van der Waals surface area contributed by atoms with Gasteiger partial charge in [0.05, 0.1) is 0 Å². The first kappa shape index (κ1) is 7.53. The van der Waals surface area contributed by atoms with Gasteiger partial charge in [0.15, 0.2) is 5.78 Å². The molecule has 2 rings (SSSR count). The van der Waals surface area contributed by atoms with Crippen LogP contribution in [0.4, 0.5) is 0 Å². The average Bonchev–Trinajstić information content (AvgIpc) is 2.04. The molecule has 0 unspecified atom stereocenters. The third kappa shape index (κ3) is 1.06. The molecule has 0 saturated carbocycles. The highest BCUT2D eigenvalue weighted by Gasteiger charge is 2.17. The van der Waals surface area contributed by atoms with E-state index in [9.17, 15) is 4.79 Å². The quantitative estimate of drug-likeness (QED) is 0.570. The van der Waals surface area contributed by atoms with Gasteiger partial charge in [0, 0.05) is 12.0 Å². The number of aryl methyl sites for hydroxylation is 2. The van der Waals surface area contributed by atoms with Gasteiger partial charge in [-0.1, -0.05) is 18.2 Å². The van der Waals surface area contributed by atoms with Gasteiger partial charge in [-0.05, 0) is 30.9 Å². The second kappa shape index (κ2) is 2.74. The Kier molecular flexibility index (Phi) is 1.72. The van der Waals surface area contributed by atoms with Crippen LogP contribution in [0.1, 0.15) is 34.3 Å². The normalized spacial score (nSPS) is 15.9. The fourth-order valence-corrected chi connectivity index (χ4v) is 1.90. The van der Waals surface area contributed by atoms with Gasteiger partial charge in [0.2, 0.25) is 0 Å². The Morgan fingerprint density at radius 3 is 2.83 bits per heavy atom. The summed E-state index contributed by atoms with van der Waals surface area (Å²) in [6.07, 6.45) is 2.83. The average molecular weight is 160 g/mol. The van der Waals surface area contributed by atoms with Gasteiger partial charge in [0.1, 0.15) is 0 Å². The number of ketones is 1. The van der Waals surface area contributed by atoms with Crippen LogP contribution in [0.2, 0.25) is 0 Å². The second-order valence-electron chi connectivity index (χ2n) is 3.39. The Balaban J connectivity index is 2.60. The maximum absolute atomic E-state index is 11.5. The summed E-state index contributed by atoms with van der Waals surface area (Å²) < 4.78 is 0. The van der Waals surface area contributed by atoms with Crippen LogP contribution in [0.15, 0.2) is 18.2 Å². The lowest BCUT2D eigenvalue weighted by molar-refractivity contribution is 0.0972. The molecule has 62 valence electrons. The molecule has 1 heteroatoms. The zero-order valence-electron chi connectivity index (χ0n) is 7.26. The third-order valence-corrected chi connectivity index (χ3v) is 2.49. The summed E-state index contributed by atoms with van der Waals surface area (Å²) in [5.74, 6) is 0.328. The number of Topliss-reactive ketones (excluding diaryl/α,β-unsaturated/α-hetero) is 1. The molecule has 1 nitrogen and oxygen atoms in total. The molecule has 1 aliphatic carbocycles. The zero-order chi connectivity index (χ0) is 8.55. The molecule has 0 radical (unpaired) electrons. The van der Waals surface area contributed by atoms with Crippen molar-refractivity contribution in [3.05, 3.63) is 34.9 Å². The first-order valence-corrected chi connectivity index (χ1v) is 4.41. The molecular formula is C11H12O. The van der Waals surface area contributed by atoms with Gasteiger partial charge in [-0.15, -0.1) is 0 Å². The number of carbonyl (C=O) groups excluding carboxylic acids is 1. The number of fused-ring (bicyclic) bond motifs is 1. The zero-order valence-corrected chi connectivity index (χ0v) is 7.26. The van der Waals surface area contributed by atoms with Crippen molar-refractivity contribution in [2.45, 2.75) is 26.2 Å². The summed E-state index contributed by atoms with van der Waals surface area (Å²) in [5.41, 5.74) is 3.37. The maximum atomic E-state index is 11.5. The molecule has 1 aliphatic rings. The lowest BCUT2D eigenvalue weighted by Crippen LogP contribution is -2.12. The summed E-state index contributed by atoms with van der Waals surface area (Å²) in [4.78, 5) is 11.5. The van der Waals surface area contributed by atoms with Crippen molar-refractivity contribution in [1.29, 1.82) is 0 Å². The van der Waals surface area contributed by atoms with Gasteiger partial charge < -0.3 is 0 Å². The molecule has 0 aromatic heterocycles. The predicted molar refractivity (Wildman–Crippen MR) is 48.4 cm³/mol. The van der Waals surface area contributed by atoms with E-state index in [2.05, 4.69) is 6.07 Å². The number of rotatable bonds is 0. The van der Waals surface area contributed by atoms with Crippen molar-refractivity contribution in [3.63, 3.8) is 0 Å². The highest BCUT2D eigenvalue weighted by atomic mass is 16.1. The number of hydrogen-bond acceptors (Lipinski definition) is 1. The van der Waals surface area contributed by atoms with Crippen LogP contribution in [-0.2, 0) is 6.42 Å².